The van der Waals surface area contributed by atoms with Gasteiger partial charge in [-0.15, -0.1) is 11.3 Å². The highest BCUT2D eigenvalue weighted by molar-refractivity contribution is 7.12. The third-order valence-electron chi connectivity index (χ3n) is 4.37. The molecule has 0 saturated heterocycles. The van der Waals surface area contributed by atoms with Gasteiger partial charge in [-0.25, -0.2) is 4.98 Å². The fourth-order valence-corrected chi connectivity index (χ4v) is 3.68. The fourth-order valence-electron chi connectivity index (χ4n) is 2.91. The van der Waals surface area contributed by atoms with Crippen molar-refractivity contribution in [3.8, 4) is 16.6 Å². The number of alkyl halides is 6. The number of anilines is 1. The second kappa shape index (κ2) is 8.06. The Balaban J connectivity index is 1.68. The van der Waals surface area contributed by atoms with Crippen LogP contribution in [0.1, 0.15) is 27.2 Å². The molecule has 0 unspecified atom stereocenters. The molecule has 0 atom stereocenters. The van der Waals surface area contributed by atoms with Crippen LogP contribution in [0.15, 0.2) is 52.5 Å². The first-order valence-electron chi connectivity index (χ1n) is 9.09. The Kier molecular flexibility index (Phi) is 5.52. The van der Waals surface area contributed by atoms with Crippen molar-refractivity contribution in [1.29, 1.82) is 0 Å². The van der Waals surface area contributed by atoms with Crippen molar-refractivity contribution in [2.24, 2.45) is 0 Å². The molecule has 0 aliphatic rings. The molecule has 0 radical (unpaired) electrons. The number of aromatic nitrogens is 3. The first kappa shape index (κ1) is 22.6. The van der Waals surface area contributed by atoms with E-state index in [0.29, 0.717) is 34.4 Å². The Bertz CT molecular complexity index is 1270. The highest BCUT2D eigenvalue weighted by Crippen LogP contribution is 2.36. The van der Waals surface area contributed by atoms with E-state index in [4.69, 9.17) is 4.42 Å². The smallest absolute Gasteiger partial charge is 0.416 e. The van der Waals surface area contributed by atoms with Gasteiger partial charge < -0.3 is 9.73 Å². The standard InChI is InChI=1S/C20H12F6N4O2S/c1-10-5-16(30(29-10)18-27-14(9-33-18)15-3-2-4-32-15)28-17(31)11-6-12(19(21,22)23)8-13(7-11)20(24,25)26/h2-9H,1H3,(H,28,31). The summed E-state index contributed by atoms with van der Waals surface area (Å²) in [5.74, 6) is -0.671. The SMILES string of the molecule is Cc1cc(NC(=O)c2cc(C(F)(F)F)cc(C(F)(F)F)c2)n(-c2nc(-c3ccco3)cs2)n1. The quantitative estimate of drug-likeness (QED) is 0.349. The van der Waals surface area contributed by atoms with E-state index in [1.165, 1.54) is 17.0 Å². The topological polar surface area (TPSA) is 73.0 Å². The molecule has 0 spiro atoms. The van der Waals surface area contributed by atoms with Crippen LogP contribution in [0.3, 0.4) is 0 Å². The largest absolute Gasteiger partial charge is 0.463 e. The minimum atomic E-state index is -5.07. The number of carbonyl (C=O) groups excluding carboxylic acids is 1. The number of nitrogens with zero attached hydrogens (tertiary/aromatic N) is 3. The van der Waals surface area contributed by atoms with Crippen molar-refractivity contribution in [3.05, 3.63) is 70.4 Å². The summed E-state index contributed by atoms with van der Waals surface area (Å²) in [7, 11) is 0. The van der Waals surface area contributed by atoms with Gasteiger partial charge in [-0.05, 0) is 37.3 Å². The second-order valence-corrected chi connectivity index (χ2v) is 7.66. The molecule has 6 nitrogen and oxygen atoms in total. The Morgan fingerprint density at radius 1 is 1.06 bits per heavy atom. The van der Waals surface area contributed by atoms with Crippen LogP contribution in [-0.2, 0) is 12.4 Å². The van der Waals surface area contributed by atoms with Crippen molar-refractivity contribution in [3.63, 3.8) is 0 Å². The highest BCUT2D eigenvalue weighted by atomic mass is 32.1. The zero-order valence-electron chi connectivity index (χ0n) is 16.5. The van der Waals surface area contributed by atoms with E-state index in [9.17, 15) is 31.1 Å². The summed E-state index contributed by atoms with van der Waals surface area (Å²) in [5.41, 5.74) is -3.07. The van der Waals surface area contributed by atoms with Gasteiger partial charge in [0, 0.05) is 17.0 Å². The maximum Gasteiger partial charge on any atom is 0.416 e. The molecule has 0 aliphatic heterocycles. The van der Waals surface area contributed by atoms with Crippen molar-refractivity contribution in [1.82, 2.24) is 14.8 Å². The summed E-state index contributed by atoms with van der Waals surface area (Å²) >= 11 is 1.14. The van der Waals surface area contributed by atoms with E-state index in [1.54, 1.807) is 24.4 Å². The van der Waals surface area contributed by atoms with E-state index >= 15 is 0 Å². The zero-order valence-corrected chi connectivity index (χ0v) is 17.3. The van der Waals surface area contributed by atoms with Crippen molar-refractivity contribution < 1.29 is 35.6 Å². The second-order valence-electron chi connectivity index (χ2n) is 6.82. The Hall–Kier alpha value is -3.61. The Morgan fingerprint density at radius 2 is 1.73 bits per heavy atom. The molecule has 1 N–H and O–H groups in total. The molecule has 172 valence electrons. The number of carbonyl (C=O) groups is 1. The number of nitrogens with one attached hydrogen (secondary N) is 1. The number of furan rings is 1. The Morgan fingerprint density at radius 3 is 2.30 bits per heavy atom. The van der Waals surface area contributed by atoms with E-state index in [0.717, 1.165) is 11.3 Å². The van der Waals surface area contributed by atoms with Crippen LogP contribution in [0, 0.1) is 6.92 Å². The average Bonchev–Trinajstić information content (AvgIpc) is 3.46. The number of benzene rings is 1. The summed E-state index contributed by atoms with van der Waals surface area (Å²) in [6.45, 7) is 1.60. The van der Waals surface area contributed by atoms with Gasteiger partial charge in [0.05, 0.1) is 23.1 Å². The molecule has 4 aromatic rings. The number of amides is 1. The number of halogens is 6. The molecular weight excluding hydrogens is 474 g/mol. The number of thiazole rings is 1. The lowest BCUT2D eigenvalue weighted by atomic mass is 10.0. The van der Waals surface area contributed by atoms with Gasteiger partial charge in [-0.2, -0.15) is 36.1 Å². The van der Waals surface area contributed by atoms with Gasteiger partial charge in [-0.3, -0.25) is 4.79 Å². The predicted octanol–water partition coefficient (Wildman–Crippen LogP) is 6.19. The van der Waals surface area contributed by atoms with E-state index in [-0.39, 0.29) is 11.9 Å². The first-order chi connectivity index (χ1) is 15.4. The maximum atomic E-state index is 13.1. The summed E-state index contributed by atoms with van der Waals surface area (Å²) in [4.78, 5) is 17.0. The number of rotatable bonds is 4. The molecule has 1 amide bonds. The normalized spacial score (nSPS) is 12.2. The summed E-state index contributed by atoms with van der Waals surface area (Å²) in [5, 5.41) is 8.47. The number of hydrogen-bond donors (Lipinski definition) is 1. The Labute approximate surface area is 185 Å². The van der Waals surface area contributed by atoms with Gasteiger partial charge in [0.2, 0.25) is 5.13 Å². The molecule has 13 heteroatoms. The lowest BCUT2D eigenvalue weighted by Crippen LogP contribution is -2.18. The van der Waals surface area contributed by atoms with E-state index < -0.39 is 35.0 Å². The van der Waals surface area contributed by atoms with Crippen LogP contribution in [-0.4, -0.2) is 20.7 Å². The minimum Gasteiger partial charge on any atom is -0.463 e. The molecular formula is C20H12F6N4O2S. The van der Waals surface area contributed by atoms with Crippen molar-refractivity contribution in [2.45, 2.75) is 19.3 Å². The van der Waals surface area contributed by atoms with Gasteiger partial charge in [0.25, 0.3) is 5.91 Å². The predicted molar refractivity (Wildman–Crippen MR) is 106 cm³/mol. The monoisotopic (exact) mass is 486 g/mol. The van der Waals surface area contributed by atoms with E-state index in [2.05, 4.69) is 15.4 Å². The van der Waals surface area contributed by atoms with Crippen LogP contribution in [0.4, 0.5) is 32.2 Å². The van der Waals surface area contributed by atoms with Crippen LogP contribution in [0.5, 0.6) is 0 Å². The third-order valence-corrected chi connectivity index (χ3v) is 5.19. The fraction of sp³-hybridized carbons (Fsp3) is 0.150. The maximum absolute atomic E-state index is 13.1. The summed E-state index contributed by atoms with van der Waals surface area (Å²) in [6, 6.07) is 5.43. The van der Waals surface area contributed by atoms with Gasteiger partial charge in [0.15, 0.2) is 5.76 Å². The highest BCUT2D eigenvalue weighted by Gasteiger charge is 2.37. The van der Waals surface area contributed by atoms with Gasteiger partial charge in [0.1, 0.15) is 11.5 Å². The molecule has 0 saturated carbocycles. The number of hydrogen-bond acceptors (Lipinski definition) is 5. The molecule has 3 heterocycles. The van der Waals surface area contributed by atoms with Crippen LogP contribution in [0.2, 0.25) is 0 Å². The summed E-state index contributed by atoms with van der Waals surface area (Å²) < 4.78 is 85.1. The van der Waals surface area contributed by atoms with Crippen LogP contribution >= 0.6 is 11.3 Å². The zero-order chi connectivity index (χ0) is 24.0. The van der Waals surface area contributed by atoms with Crippen molar-refractivity contribution in [2.75, 3.05) is 5.32 Å². The molecule has 4 rings (SSSR count). The minimum absolute atomic E-state index is 0.0174. The first-order valence-corrected chi connectivity index (χ1v) is 9.97. The molecule has 3 aromatic heterocycles. The number of aryl methyl sites for hydroxylation is 1. The molecule has 0 bridgehead atoms. The molecule has 0 fully saturated rings. The lowest BCUT2D eigenvalue weighted by Gasteiger charge is -2.14. The van der Waals surface area contributed by atoms with Crippen molar-refractivity contribution >= 4 is 23.1 Å². The lowest BCUT2D eigenvalue weighted by molar-refractivity contribution is -0.143. The molecule has 0 aliphatic carbocycles. The average molecular weight is 486 g/mol. The van der Waals surface area contributed by atoms with Gasteiger partial charge >= 0.3 is 12.4 Å². The van der Waals surface area contributed by atoms with E-state index in [1.807, 2.05) is 0 Å². The van der Waals surface area contributed by atoms with Gasteiger partial charge in [-0.1, -0.05) is 0 Å². The summed E-state index contributed by atoms with van der Waals surface area (Å²) in [6.07, 6.45) is -8.68. The molecule has 1 aromatic carbocycles. The van der Waals surface area contributed by atoms with Crippen LogP contribution in [0.25, 0.3) is 16.6 Å². The third kappa shape index (κ3) is 4.77. The van der Waals surface area contributed by atoms with Crippen LogP contribution < -0.4 is 5.32 Å². The molecule has 33 heavy (non-hydrogen) atoms.